The first-order valence-electron chi connectivity index (χ1n) is 7.16. The summed E-state index contributed by atoms with van der Waals surface area (Å²) < 4.78 is 3.48. The van der Waals surface area contributed by atoms with Gasteiger partial charge in [0.1, 0.15) is 0 Å². The largest absolute Gasteiger partial charge is 0.342 e. The predicted octanol–water partition coefficient (Wildman–Crippen LogP) is 5.01. The zero-order valence-electron chi connectivity index (χ0n) is 12.3. The van der Waals surface area contributed by atoms with Crippen LogP contribution in [-0.4, -0.2) is 10.6 Å². The molecule has 4 heteroatoms. The number of aromatic nitrogens is 1. The second kappa shape index (κ2) is 6.34. The highest BCUT2D eigenvalue weighted by Crippen LogP contribution is 2.24. The fourth-order valence-electron chi connectivity index (χ4n) is 2.42. The lowest BCUT2D eigenvalue weighted by atomic mass is 10.1. The van der Waals surface area contributed by atoms with Crippen molar-refractivity contribution in [3.63, 3.8) is 0 Å². The van der Waals surface area contributed by atoms with Crippen LogP contribution in [0.5, 0.6) is 0 Å². The molecular weight excluding hydrogens is 344 g/mol. The van der Waals surface area contributed by atoms with E-state index in [0.29, 0.717) is 6.04 Å². The molecule has 110 valence electrons. The molecule has 0 atom stereocenters. The molecule has 0 saturated heterocycles. The second-order valence-corrected chi connectivity index (χ2v) is 7.52. The average molecular weight is 363 g/mol. The lowest BCUT2D eigenvalue weighted by molar-refractivity contribution is 0.589. The van der Waals surface area contributed by atoms with Crippen LogP contribution < -0.4 is 5.32 Å². The Labute approximate surface area is 137 Å². The van der Waals surface area contributed by atoms with Crippen molar-refractivity contribution in [2.45, 2.75) is 33.0 Å². The molecule has 3 aromatic rings. The van der Waals surface area contributed by atoms with Gasteiger partial charge in [0.15, 0.2) is 0 Å². The number of benzene rings is 1. The summed E-state index contributed by atoms with van der Waals surface area (Å²) in [4.78, 5) is 1.37. The molecular formula is C17H19BrN2S. The van der Waals surface area contributed by atoms with Crippen molar-refractivity contribution in [3.05, 3.63) is 56.8 Å². The van der Waals surface area contributed by atoms with Crippen LogP contribution in [0.1, 0.15) is 24.3 Å². The summed E-state index contributed by atoms with van der Waals surface area (Å²) in [5, 5.41) is 6.91. The second-order valence-electron chi connectivity index (χ2n) is 5.60. The molecule has 3 rings (SSSR count). The lowest BCUT2D eigenvalue weighted by Crippen LogP contribution is -2.21. The molecule has 0 aliphatic heterocycles. The average Bonchev–Trinajstić information content (AvgIpc) is 3.04. The van der Waals surface area contributed by atoms with Gasteiger partial charge in [-0.2, -0.15) is 0 Å². The van der Waals surface area contributed by atoms with E-state index in [1.807, 2.05) is 0 Å². The Morgan fingerprint density at radius 3 is 2.81 bits per heavy atom. The SMILES string of the molecule is CC(C)NCc1ccc2c(ccn2Cc2cc(Br)cs2)c1. The van der Waals surface area contributed by atoms with E-state index >= 15 is 0 Å². The van der Waals surface area contributed by atoms with Crippen molar-refractivity contribution in [2.75, 3.05) is 0 Å². The van der Waals surface area contributed by atoms with Crippen LogP contribution in [0.2, 0.25) is 0 Å². The highest BCUT2D eigenvalue weighted by atomic mass is 79.9. The van der Waals surface area contributed by atoms with E-state index in [9.17, 15) is 0 Å². The number of hydrogen-bond acceptors (Lipinski definition) is 2. The fourth-order valence-corrected chi connectivity index (χ4v) is 3.87. The van der Waals surface area contributed by atoms with Gasteiger partial charge < -0.3 is 9.88 Å². The van der Waals surface area contributed by atoms with Gasteiger partial charge in [-0.25, -0.2) is 0 Å². The lowest BCUT2D eigenvalue weighted by Gasteiger charge is -2.09. The third-order valence-corrected chi connectivity index (χ3v) is 5.18. The van der Waals surface area contributed by atoms with Crippen molar-refractivity contribution in [2.24, 2.45) is 0 Å². The monoisotopic (exact) mass is 362 g/mol. The van der Waals surface area contributed by atoms with Crippen LogP contribution in [0.3, 0.4) is 0 Å². The van der Waals surface area contributed by atoms with Gasteiger partial charge in [-0.1, -0.05) is 19.9 Å². The molecule has 1 aromatic carbocycles. The first-order valence-corrected chi connectivity index (χ1v) is 8.83. The van der Waals surface area contributed by atoms with Crippen LogP contribution in [0.4, 0.5) is 0 Å². The Morgan fingerprint density at radius 2 is 2.10 bits per heavy atom. The summed E-state index contributed by atoms with van der Waals surface area (Å²) in [5.41, 5.74) is 2.64. The molecule has 0 amide bonds. The molecule has 2 aromatic heterocycles. The molecule has 0 aliphatic rings. The molecule has 0 radical (unpaired) electrons. The van der Waals surface area contributed by atoms with Crippen LogP contribution in [0.15, 0.2) is 46.4 Å². The van der Waals surface area contributed by atoms with E-state index < -0.39 is 0 Å². The smallest absolute Gasteiger partial charge is 0.0569 e. The molecule has 0 bridgehead atoms. The number of halogens is 1. The summed E-state index contributed by atoms with van der Waals surface area (Å²) in [6, 6.07) is 11.6. The summed E-state index contributed by atoms with van der Waals surface area (Å²) in [5.74, 6) is 0. The van der Waals surface area contributed by atoms with Gasteiger partial charge >= 0.3 is 0 Å². The Morgan fingerprint density at radius 1 is 1.24 bits per heavy atom. The molecule has 0 unspecified atom stereocenters. The van der Waals surface area contributed by atoms with Gasteiger partial charge in [0.25, 0.3) is 0 Å². The summed E-state index contributed by atoms with van der Waals surface area (Å²) in [6.07, 6.45) is 2.18. The van der Waals surface area contributed by atoms with E-state index in [-0.39, 0.29) is 0 Å². The van der Waals surface area contributed by atoms with Crippen LogP contribution in [-0.2, 0) is 13.1 Å². The van der Waals surface area contributed by atoms with Crippen LogP contribution in [0, 0.1) is 0 Å². The number of rotatable bonds is 5. The third-order valence-electron chi connectivity index (χ3n) is 3.50. The van der Waals surface area contributed by atoms with Crippen molar-refractivity contribution in [3.8, 4) is 0 Å². The van der Waals surface area contributed by atoms with Gasteiger partial charge in [0.05, 0.1) is 6.54 Å². The first-order chi connectivity index (χ1) is 10.1. The number of fused-ring (bicyclic) bond motifs is 1. The minimum absolute atomic E-state index is 0.516. The molecule has 21 heavy (non-hydrogen) atoms. The van der Waals surface area contributed by atoms with E-state index in [1.54, 1.807) is 11.3 Å². The molecule has 1 N–H and O–H groups in total. The molecule has 0 fully saturated rings. The van der Waals surface area contributed by atoms with E-state index in [0.717, 1.165) is 13.1 Å². The van der Waals surface area contributed by atoms with Crippen LogP contribution in [0.25, 0.3) is 10.9 Å². The fraction of sp³-hybridized carbons (Fsp3) is 0.294. The van der Waals surface area contributed by atoms with E-state index in [4.69, 9.17) is 0 Å². The molecule has 2 heterocycles. The maximum Gasteiger partial charge on any atom is 0.0569 e. The number of thiophene rings is 1. The van der Waals surface area contributed by atoms with Gasteiger partial charge in [0.2, 0.25) is 0 Å². The number of hydrogen-bond donors (Lipinski definition) is 1. The molecule has 0 spiro atoms. The number of nitrogens with zero attached hydrogens (tertiary/aromatic N) is 1. The highest BCUT2D eigenvalue weighted by Gasteiger charge is 2.05. The van der Waals surface area contributed by atoms with Gasteiger partial charge in [0, 0.05) is 39.0 Å². The molecule has 0 aliphatic carbocycles. The van der Waals surface area contributed by atoms with Gasteiger partial charge in [-0.15, -0.1) is 11.3 Å². The quantitative estimate of drug-likeness (QED) is 0.674. The Hall–Kier alpha value is -1.10. The minimum atomic E-state index is 0.516. The van der Waals surface area contributed by atoms with E-state index in [2.05, 4.69) is 81.6 Å². The van der Waals surface area contributed by atoms with Crippen molar-refractivity contribution in [1.82, 2.24) is 9.88 Å². The zero-order valence-corrected chi connectivity index (χ0v) is 14.7. The van der Waals surface area contributed by atoms with Crippen molar-refractivity contribution >= 4 is 38.2 Å². The number of nitrogens with one attached hydrogen (secondary N) is 1. The van der Waals surface area contributed by atoms with Crippen molar-refractivity contribution < 1.29 is 0 Å². The normalized spacial score (nSPS) is 11.6. The Balaban J connectivity index is 1.82. The predicted molar refractivity (Wildman–Crippen MR) is 95.0 cm³/mol. The summed E-state index contributed by atoms with van der Waals surface area (Å²) in [7, 11) is 0. The van der Waals surface area contributed by atoms with Crippen LogP contribution >= 0.6 is 27.3 Å². The first kappa shape index (κ1) is 14.8. The maximum absolute atomic E-state index is 3.52. The molecule has 0 saturated carbocycles. The summed E-state index contributed by atoms with van der Waals surface area (Å²) >= 11 is 5.31. The van der Waals surface area contributed by atoms with Gasteiger partial charge in [-0.3, -0.25) is 0 Å². The topological polar surface area (TPSA) is 17.0 Å². The standard InChI is InChI=1S/C17H19BrN2S/c1-12(2)19-9-13-3-4-17-14(7-13)5-6-20(17)10-16-8-15(18)11-21-16/h3-8,11-12,19H,9-10H2,1-2H3. The van der Waals surface area contributed by atoms with Crippen molar-refractivity contribution in [1.29, 1.82) is 0 Å². The zero-order chi connectivity index (χ0) is 14.8. The highest BCUT2D eigenvalue weighted by molar-refractivity contribution is 9.10. The molecule has 2 nitrogen and oxygen atoms in total. The Bertz CT molecular complexity index is 742. The Kier molecular flexibility index (Phi) is 4.48. The maximum atomic E-state index is 3.52. The third kappa shape index (κ3) is 3.57. The minimum Gasteiger partial charge on any atom is -0.342 e. The van der Waals surface area contributed by atoms with Gasteiger partial charge in [-0.05, 0) is 51.1 Å². The summed E-state index contributed by atoms with van der Waals surface area (Å²) in [6.45, 7) is 6.21. The van der Waals surface area contributed by atoms with E-state index in [1.165, 1.54) is 25.8 Å².